The summed E-state index contributed by atoms with van der Waals surface area (Å²) >= 11 is 0. The third-order valence-corrected chi connectivity index (χ3v) is 2.47. The van der Waals surface area contributed by atoms with Crippen LogP contribution in [0.2, 0.25) is 0 Å². The number of aromatic nitrogens is 2. The van der Waals surface area contributed by atoms with Gasteiger partial charge in [0.15, 0.2) is 0 Å². The quantitative estimate of drug-likeness (QED) is 0.805. The Bertz CT molecular complexity index is 525. The molecule has 0 saturated heterocycles. The van der Waals surface area contributed by atoms with E-state index in [0.717, 1.165) is 22.8 Å². The molecule has 0 saturated carbocycles. The van der Waals surface area contributed by atoms with Crippen LogP contribution in [-0.4, -0.2) is 17.1 Å². The molecule has 2 aromatic rings. The Labute approximate surface area is 106 Å². The average molecular weight is 244 g/mol. The van der Waals surface area contributed by atoms with Crippen LogP contribution in [-0.2, 0) is 6.54 Å². The fourth-order valence-corrected chi connectivity index (χ4v) is 1.55. The first-order valence-corrected chi connectivity index (χ1v) is 5.63. The smallest absolute Gasteiger partial charge is 0.122 e. The van der Waals surface area contributed by atoms with E-state index in [9.17, 15) is 0 Å². The highest BCUT2D eigenvalue weighted by atomic mass is 16.5. The van der Waals surface area contributed by atoms with Crippen LogP contribution >= 0.6 is 0 Å². The van der Waals surface area contributed by atoms with Gasteiger partial charge in [0, 0.05) is 29.7 Å². The van der Waals surface area contributed by atoms with E-state index in [4.69, 9.17) is 10.5 Å². The van der Waals surface area contributed by atoms with Crippen LogP contribution in [0.25, 0.3) is 0 Å². The minimum absolute atomic E-state index is 0.597. The second kappa shape index (κ2) is 5.35. The van der Waals surface area contributed by atoms with E-state index in [0.29, 0.717) is 12.2 Å². The van der Waals surface area contributed by atoms with Gasteiger partial charge in [0.1, 0.15) is 5.75 Å². The molecule has 1 aromatic heterocycles. The minimum Gasteiger partial charge on any atom is -0.497 e. The number of nitrogens with zero attached hydrogens (tertiary/aromatic N) is 2. The predicted molar refractivity (Wildman–Crippen MR) is 71.5 cm³/mol. The van der Waals surface area contributed by atoms with Crippen LogP contribution in [0.1, 0.15) is 11.4 Å². The van der Waals surface area contributed by atoms with E-state index in [1.807, 2.05) is 19.1 Å². The summed E-state index contributed by atoms with van der Waals surface area (Å²) in [5.41, 5.74) is 9.12. The van der Waals surface area contributed by atoms with Crippen molar-refractivity contribution < 1.29 is 4.74 Å². The number of hydrogen-bond donors (Lipinski definition) is 2. The van der Waals surface area contributed by atoms with Crippen molar-refractivity contribution in [3.05, 3.63) is 42.0 Å². The molecule has 0 aliphatic heterocycles. The third kappa shape index (κ3) is 3.10. The summed E-state index contributed by atoms with van der Waals surface area (Å²) in [4.78, 5) is 8.46. The highest BCUT2D eigenvalue weighted by Crippen LogP contribution is 2.22. The standard InChI is InChI=1S/C13H16N4O/c1-9-6-16-12(7-15-9)8-17-11-3-10(14)4-13(5-11)18-2/h3-7,17H,8,14H2,1-2H3. The second-order valence-electron chi connectivity index (χ2n) is 4.00. The van der Waals surface area contributed by atoms with E-state index in [1.54, 1.807) is 25.6 Å². The highest BCUT2D eigenvalue weighted by Gasteiger charge is 2.00. The van der Waals surface area contributed by atoms with Gasteiger partial charge < -0.3 is 15.8 Å². The third-order valence-electron chi connectivity index (χ3n) is 2.47. The van der Waals surface area contributed by atoms with Gasteiger partial charge in [-0.1, -0.05) is 0 Å². The highest BCUT2D eigenvalue weighted by molar-refractivity contribution is 5.59. The lowest BCUT2D eigenvalue weighted by atomic mass is 10.2. The Morgan fingerprint density at radius 1 is 1.22 bits per heavy atom. The van der Waals surface area contributed by atoms with Crippen LogP contribution in [0.15, 0.2) is 30.6 Å². The summed E-state index contributed by atoms with van der Waals surface area (Å²) in [6.07, 6.45) is 3.50. The van der Waals surface area contributed by atoms with Crippen molar-refractivity contribution in [1.82, 2.24) is 9.97 Å². The molecule has 0 spiro atoms. The molecule has 0 radical (unpaired) electrons. The molecule has 5 heteroatoms. The first-order valence-electron chi connectivity index (χ1n) is 5.63. The van der Waals surface area contributed by atoms with Gasteiger partial charge in [-0.05, 0) is 13.0 Å². The number of nitrogens with one attached hydrogen (secondary N) is 1. The Kier molecular flexibility index (Phi) is 3.62. The molecular formula is C13H16N4O. The van der Waals surface area contributed by atoms with Gasteiger partial charge in [0.2, 0.25) is 0 Å². The number of anilines is 2. The van der Waals surface area contributed by atoms with Crippen molar-refractivity contribution in [2.75, 3.05) is 18.2 Å². The van der Waals surface area contributed by atoms with Crippen LogP contribution in [0, 0.1) is 6.92 Å². The van der Waals surface area contributed by atoms with Gasteiger partial charge in [-0.2, -0.15) is 0 Å². The monoisotopic (exact) mass is 244 g/mol. The molecule has 94 valence electrons. The number of ether oxygens (including phenoxy) is 1. The van der Waals surface area contributed by atoms with Crippen LogP contribution in [0.5, 0.6) is 5.75 Å². The molecule has 0 aliphatic rings. The lowest BCUT2D eigenvalue weighted by Gasteiger charge is -2.09. The SMILES string of the molecule is COc1cc(N)cc(NCc2cnc(C)cn2)c1. The van der Waals surface area contributed by atoms with Crippen molar-refractivity contribution in [3.63, 3.8) is 0 Å². The van der Waals surface area contributed by atoms with Gasteiger partial charge in [-0.25, -0.2) is 0 Å². The Morgan fingerprint density at radius 2 is 2.06 bits per heavy atom. The van der Waals surface area contributed by atoms with Crippen molar-refractivity contribution >= 4 is 11.4 Å². The zero-order valence-corrected chi connectivity index (χ0v) is 10.5. The largest absolute Gasteiger partial charge is 0.497 e. The van der Waals surface area contributed by atoms with Gasteiger partial charge >= 0.3 is 0 Å². The van der Waals surface area contributed by atoms with Gasteiger partial charge in [-0.15, -0.1) is 0 Å². The van der Waals surface area contributed by atoms with Gasteiger partial charge in [0.05, 0.1) is 31.2 Å². The van der Waals surface area contributed by atoms with Crippen LogP contribution in [0.4, 0.5) is 11.4 Å². The van der Waals surface area contributed by atoms with E-state index < -0.39 is 0 Å². The fourth-order valence-electron chi connectivity index (χ4n) is 1.55. The summed E-state index contributed by atoms with van der Waals surface area (Å²) in [5, 5.41) is 3.23. The van der Waals surface area contributed by atoms with Gasteiger partial charge in [0.25, 0.3) is 0 Å². The topological polar surface area (TPSA) is 73.1 Å². The zero-order valence-electron chi connectivity index (χ0n) is 10.5. The molecule has 3 N–H and O–H groups in total. The summed E-state index contributed by atoms with van der Waals surface area (Å²) < 4.78 is 5.16. The Hall–Kier alpha value is -2.30. The maximum atomic E-state index is 5.78. The molecule has 0 fully saturated rings. The Balaban J connectivity index is 2.05. The fraction of sp³-hybridized carbons (Fsp3) is 0.231. The zero-order chi connectivity index (χ0) is 13.0. The number of rotatable bonds is 4. The first kappa shape index (κ1) is 12.2. The van der Waals surface area contributed by atoms with Crippen LogP contribution < -0.4 is 15.8 Å². The average Bonchev–Trinajstić information content (AvgIpc) is 2.37. The molecule has 0 unspecified atom stereocenters. The molecular weight excluding hydrogens is 228 g/mol. The first-order chi connectivity index (χ1) is 8.67. The number of aryl methyl sites for hydroxylation is 1. The Morgan fingerprint density at radius 3 is 2.72 bits per heavy atom. The number of benzene rings is 1. The molecule has 1 aromatic carbocycles. The molecule has 18 heavy (non-hydrogen) atoms. The normalized spacial score (nSPS) is 10.1. The van der Waals surface area contributed by atoms with Crippen molar-refractivity contribution in [1.29, 1.82) is 0 Å². The maximum Gasteiger partial charge on any atom is 0.122 e. The molecule has 2 rings (SSSR count). The van der Waals surface area contributed by atoms with Crippen molar-refractivity contribution in [3.8, 4) is 5.75 Å². The number of hydrogen-bond acceptors (Lipinski definition) is 5. The predicted octanol–water partition coefficient (Wildman–Crippen LogP) is 1.99. The molecule has 0 aliphatic carbocycles. The lowest BCUT2D eigenvalue weighted by Crippen LogP contribution is -2.03. The number of nitrogen functional groups attached to an aromatic ring is 1. The molecule has 0 atom stereocenters. The van der Waals surface area contributed by atoms with E-state index in [1.165, 1.54) is 0 Å². The summed E-state index contributed by atoms with van der Waals surface area (Å²) in [6, 6.07) is 5.51. The molecule has 1 heterocycles. The molecule has 0 bridgehead atoms. The summed E-state index contributed by atoms with van der Waals surface area (Å²) in [5.74, 6) is 0.729. The van der Waals surface area contributed by atoms with Crippen molar-refractivity contribution in [2.24, 2.45) is 0 Å². The second-order valence-corrected chi connectivity index (χ2v) is 4.00. The van der Waals surface area contributed by atoms with Crippen LogP contribution in [0.3, 0.4) is 0 Å². The molecule has 5 nitrogen and oxygen atoms in total. The van der Waals surface area contributed by atoms with E-state index in [2.05, 4.69) is 15.3 Å². The minimum atomic E-state index is 0.597. The summed E-state index contributed by atoms with van der Waals surface area (Å²) in [7, 11) is 1.62. The van der Waals surface area contributed by atoms with E-state index in [-0.39, 0.29) is 0 Å². The number of nitrogens with two attached hydrogens (primary N) is 1. The number of methoxy groups -OCH3 is 1. The lowest BCUT2D eigenvalue weighted by molar-refractivity contribution is 0.415. The maximum absolute atomic E-state index is 5.78. The van der Waals surface area contributed by atoms with E-state index >= 15 is 0 Å². The van der Waals surface area contributed by atoms with Gasteiger partial charge in [-0.3, -0.25) is 9.97 Å². The molecule has 0 amide bonds. The van der Waals surface area contributed by atoms with Crippen molar-refractivity contribution in [2.45, 2.75) is 13.5 Å². The summed E-state index contributed by atoms with van der Waals surface area (Å²) in [6.45, 7) is 2.51.